The third kappa shape index (κ3) is 2.43. The van der Waals surface area contributed by atoms with Crippen LogP contribution in [0.25, 0.3) is 10.8 Å². The van der Waals surface area contributed by atoms with Gasteiger partial charge in [-0.3, -0.25) is 0 Å². The highest BCUT2D eigenvalue weighted by Crippen LogP contribution is 2.19. The molecule has 0 aromatic heterocycles. The van der Waals surface area contributed by atoms with Gasteiger partial charge in [0.1, 0.15) is 0 Å². The van der Waals surface area contributed by atoms with Gasteiger partial charge in [0.25, 0.3) is 0 Å². The number of anilines is 1. The molecule has 2 aromatic carbocycles. The molecule has 0 heterocycles. The highest BCUT2D eigenvalue weighted by atomic mass is 14.9. The van der Waals surface area contributed by atoms with Crippen LogP contribution in [0.2, 0.25) is 0 Å². The minimum Gasteiger partial charge on any atom is -0.382 e. The lowest BCUT2D eigenvalue weighted by Crippen LogP contribution is -2.13. The summed E-state index contributed by atoms with van der Waals surface area (Å²) in [6, 6.07) is 15.3. The van der Waals surface area contributed by atoms with E-state index in [2.05, 4.69) is 61.3 Å². The fraction of sp³-hybridized carbons (Fsp3) is 0.200. The molecule has 16 heavy (non-hydrogen) atoms. The molecular formula is C15H17N. The first-order valence-corrected chi connectivity index (χ1v) is 5.66. The Hall–Kier alpha value is -1.76. The van der Waals surface area contributed by atoms with E-state index in [0.29, 0.717) is 6.04 Å². The lowest BCUT2D eigenvalue weighted by molar-refractivity contribution is 0.814. The molecule has 0 aliphatic carbocycles. The summed E-state index contributed by atoms with van der Waals surface area (Å²) >= 11 is 0. The molecule has 0 fully saturated rings. The first-order valence-electron chi connectivity index (χ1n) is 5.66. The molecule has 0 saturated carbocycles. The molecule has 2 rings (SSSR count). The molecule has 1 nitrogen and oxygen atoms in total. The van der Waals surface area contributed by atoms with E-state index in [1.165, 1.54) is 16.5 Å². The van der Waals surface area contributed by atoms with E-state index in [1.54, 1.807) is 0 Å². The summed E-state index contributed by atoms with van der Waals surface area (Å²) in [5, 5.41) is 6.02. The zero-order valence-corrected chi connectivity index (χ0v) is 9.61. The third-order valence-electron chi connectivity index (χ3n) is 2.68. The lowest BCUT2D eigenvalue weighted by Gasteiger charge is -2.13. The van der Waals surface area contributed by atoms with Crippen LogP contribution in [0.3, 0.4) is 0 Å². The van der Waals surface area contributed by atoms with Gasteiger partial charge in [-0.05, 0) is 36.2 Å². The first kappa shape index (κ1) is 10.7. The van der Waals surface area contributed by atoms with E-state index in [-0.39, 0.29) is 0 Å². The van der Waals surface area contributed by atoms with E-state index in [0.717, 1.165) is 6.42 Å². The lowest BCUT2D eigenvalue weighted by atomic mass is 10.1. The Bertz CT molecular complexity index is 488. The van der Waals surface area contributed by atoms with Crippen LogP contribution < -0.4 is 5.32 Å². The topological polar surface area (TPSA) is 12.0 Å². The van der Waals surface area contributed by atoms with Crippen LogP contribution in [0.1, 0.15) is 13.3 Å². The van der Waals surface area contributed by atoms with Crippen molar-refractivity contribution >= 4 is 16.5 Å². The summed E-state index contributed by atoms with van der Waals surface area (Å²) < 4.78 is 0. The van der Waals surface area contributed by atoms with Crippen LogP contribution in [-0.2, 0) is 0 Å². The zero-order chi connectivity index (χ0) is 11.4. The first-order chi connectivity index (χ1) is 7.79. The van der Waals surface area contributed by atoms with Crippen molar-refractivity contribution in [2.24, 2.45) is 0 Å². The number of hydrogen-bond acceptors (Lipinski definition) is 1. The van der Waals surface area contributed by atoms with Gasteiger partial charge in [0.15, 0.2) is 0 Å². The molecule has 0 radical (unpaired) electrons. The Morgan fingerprint density at radius 2 is 1.94 bits per heavy atom. The highest BCUT2D eigenvalue weighted by molar-refractivity contribution is 5.85. The van der Waals surface area contributed by atoms with Crippen LogP contribution in [0, 0.1) is 0 Å². The van der Waals surface area contributed by atoms with Gasteiger partial charge in [0.05, 0.1) is 0 Å². The largest absolute Gasteiger partial charge is 0.382 e. The molecule has 0 spiro atoms. The van der Waals surface area contributed by atoms with Gasteiger partial charge in [0.2, 0.25) is 0 Å². The number of rotatable bonds is 4. The fourth-order valence-corrected chi connectivity index (χ4v) is 1.87. The van der Waals surface area contributed by atoms with Crippen LogP contribution in [0.5, 0.6) is 0 Å². The number of nitrogens with one attached hydrogen (secondary N) is 1. The van der Waals surface area contributed by atoms with Crippen molar-refractivity contribution in [1.82, 2.24) is 0 Å². The van der Waals surface area contributed by atoms with Crippen LogP contribution in [-0.4, -0.2) is 6.04 Å². The third-order valence-corrected chi connectivity index (χ3v) is 2.68. The number of hydrogen-bond donors (Lipinski definition) is 1. The van der Waals surface area contributed by atoms with E-state index in [4.69, 9.17) is 0 Å². The standard InChI is InChI=1S/C15H17N/c1-3-6-12(2)16-15-10-9-13-7-4-5-8-14(13)11-15/h3-5,7-12,16H,1,6H2,2H3. The second kappa shape index (κ2) is 4.84. The predicted octanol–water partition coefficient (Wildman–Crippen LogP) is 4.22. The van der Waals surface area contributed by atoms with Crippen molar-refractivity contribution < 1.29 is 0 Å². The van der Waals surface area contributed by atoms with Crippen LogP contribution in [0.4, 0.5) is 5.69 Å². The zero-order valence-electron chi connectivity index (χ0n) is 9.61. The minimum absolute atomic E-state index is 0.429. The average Bonchev–Trinajstić information content (AvgIpc) is 2.29. The van der Waals surface area contributed by atoms with Crippen molar-refractivity contribution in [3.05, 3.63) is 55.1 Å². The average molecular weight is 211 g/mol. The molecule has 0 aliphatic rings. The second-order valence-corrected chi connectivity index (χ2v) is 4.13. The molecule has 1 N–H and O–H groups in total. The summed E-state index contributed by atoms with van der Waals surface area (Å²) in [7, 11) is 0. The van der Waals surface area contributed by atoms with Crippen molar-refractivity contribution in [3.8, 4) is 0 Å². The number of benzene rings is 2. The molecule has 1 atom stereocenters. The molecular weight excluding hydrogens is 194 g/mol. The van der Waals surface area contributed by atoms with E-state index < -0.39 is 0 Å². The summed E-state index contributed by atoms with van der Waals surface area (Å²) in [4.78, 5) is 0. The molecule has 2 aromatic rings. The SMILES string of the molecule is C=CCC(C)Nc1ccc2ccccc2c1. The monoisotopic (exact) mass is 211 g/mol. The molecule has 0 bridgehead atoms. The van der Waals surface area contributed by atoms with Crippen molar-refractivity contribution in [2.45, 2.75) is 19.4 Å². The van der Waals surface area contributed by atoms with E-state index in [9.17, 15) is 0 Å². The van der Waals surface area contributed by atoms with Gasteiger partial charge in [-0.2, -0.15) is 0 Å². The molecule has 1 unspecified atom stereocenters. The smallest absolute Gasteiger partial charge is 0.0348 e. The summed E-state index contributed by atoms with van der Waals surface area (Å²) in [5.74, 6) is 0. The van der Waals surface area contributed by atoms with Crippen molar-refractivity contribution in [2.75, 3.05) is 5.32 Å². The molecule has 0 amide bonds. The van der Waals surface area contributed by atoms with E-state index in [1.807, 2.05) is 6.08 Å². The Kier molecular flexibility index (Phi) is 3.25. The highest BCUT2D eigenvalue weighted by Gasteiger charge is 2.00. The quantitative estimate of drug-likeness (QED) is 0.747. The second-order valence-electron chi connectivity index (χ2n) is 4.13. The Morgan fingerprint density at radius 3 is 2.69 bits per heavy atom. The normalized spacial score (nSPS) is 12.3. The molecule has 0 saturated heterocycles. The van der Waals surface area contributed by atoms with Gasteiger partial charge < -0.3 is 5.32 Å². The minimum atomic E-state index is 0.429. The molecule has 0 aliphatic heterocycles. The summed E-state index contributed by atoms with van der Waals surface area (Å²) in [6.07, 6.45) is 2.92. The number of fused-ring (bicyclic) bond motifs is 1. The Labute approximate surface area is 96.8 Å². The van der Waals surface area contributed by atoms with Gasteiger partial charge in [-0.25, -0.2) is 0 Å². The van der Waals surface area contributed by atoms with Crippen molar-refractivity contribution in [1.29, 1.82) is 0 Å². The Morgan fingerprint density at radius 1 is 1.19 bits per heavy atom. The summed E-state index contributed by atoms with van der Waals surface area (Å²) in [6.45, 7) is 5.92. The van der Waals surface area contributed by atoms with Gasteiger partial charge in [0, 0.05) is 11.7 Å². The van der Waals surface area contributed by atoms with Gasteiger partial charge >= 0.3 is 0 Å². The maximum Gasteiger partial charge on any atom is 0.0348 e. The predicted molar refractivity (Wildman–Crippen MR) is 71.8 cm³/mol. The van der Waals surface area contributed by atoms with Crippen LogP contribution >= 0.6 is 0 Å². The van der Waals surface area contributed by atoms with Gasteiger partial charge in [-0.15, -0.1) is 6.58 Å². The van der Waals surface area contributed by atoms with Gasteiger partial charge in [-0.1, -0.05) is 36.4 Å². The van der Waals surface area contributed by atoms with Crippen LogP contribution in [0.15, 0.2) is 55.1 Å². The maximum absolute atomic E-state index is 3.75. The summed E-state index contributed by atoms with van der Waals surface area (Å²) in [5.41, 5.74) is 1.17. The Balaban J connectivity index is 2.22. The maximum atomic E-state index is 3.75. The van der Waals surface area contributed by atoms with E-state index >= 15 is 0 Å². The van der Waals surface area contributed by atoms with Crippen molar-refractivity contribution in [3.63, 3.8) is 0 Å². The molecule has 1 heteroatoms. The fourth-order valence-electron chi connectivity index (χ4n) is 1.87. The molecule has 82 valence electrons.